The molecular formula is C28H22FN3O6S. The van der Waals surface area contributed by atoms with E-state index in [1.807, 2.05) is 6.92 Å². The number of non-ortho nitro benzene ring substituents is 1. The zero-order valence-electron chi connectivity index (χ0n) is 21.1. The van der Waals surface area contributed by atoms with Gasteiger partial charge in [-0.2, -0.15) is 0 Å². The number of fused-ring (bicyclic) bond motifs is 1. The molecule has 3 heterocycles. The summed E-state index contributed by atoms with van der Waals surface area (Å²) < 4.78 is 26.6. The summed E-state index contributed by atoms with van der Waals surface area (Å²) in [5.41, 5.74) is 2.02. The third kappa shape index (κ3) is 4.84. The van der Waals surface area contributed by atoms with Gasteiger partial charge in [0.15, 0.2) is 4.80 Å². The van der Waals surface area contributed by atoms with Crippen LogP contribution in [0, 0.1) is 22.9 Å². The average Bonchev–Trinajstić information content (AvgIpc) is 3.48. The van der Waals surface area contributed by atoms with Crippen LogP contribution in [0.2, 0.25) is 0 Å². The summed E-state index contributed by atoms with van der Waals surface area (Å²) in [6, 6.07) is 12.6. The summed E-state index contributed by atoms with van der Waals surface area (Å²) in [5.74, 6) is -0.275. The molecule has 4 aromatic rings. The van der Waals surface area contributed by atoms with Crippen molar-refractivity contribution in [2.45, 2.75) is 26.8 Å². The standard InChI is InChI=1S/C28H22FN3O6S/c1-4-37-27(34)24-16(3)30-28-31(25(24)17-6-8-18(29)9-7-17)26(33)23(39-28)14-20-11-12-22(38-20)21-13-19(32(35)36)10-5-15(21)2/h5-14,25H,4H2,1-3H3/b23-14+. The number of nitro groups is 1. The molecule has 9 nitrogen and oxygen atoms in total. The lowest BCUT2D eigenvalue weighted by molar-refractivity contribution is -0.384. The fourth-order valence-electron chi connectivity index (χ4n) is 4.45. The molecule has 0 saturated carbocycles. The molecule has 1 atom stereocenters. The molecule has 1 aliphatic heterocycles. The number of benzene rings is 2. The number of esters is 1. The van der Waals surface area contributed by atoms with Gasteiger partial charge in [-0.3, -0.25) is 19.5 Å². The summed E-state index contributed by atoms with van der Waals surface area (Å²) >= 11 is 1.12. The molecule has 0 aliphatic carbocycles. The van der Waals surface area contributed by atoms with Crippen LogP contribution < -0.4 is 14.9 Å². The van der Waals surface area contributed by atoms with Crippen molar-refractivity contribution in [2.75, 3.05) is 6.61 Å². The lowest BCUT2D eigenvalue weighted by Gasteiger charge is -2.24. The maximum Gasteiger partial charge on any atom is 0.338 e. The van der Waals surface area contributed by atoms with Crippen molar-refractivity contribution in [1.29, 1.82) is 0 Å². The van der Waals surface area contributed by atoms with Gasteiger partial charge in [0.1, 0.15) is 17.3 Å². The molecule has 1 unspecified atom stereocenters. The van der Waals surface area contributed by atoms with Crippen LogP contribution in [0.3, 0.4) is 0 Å². The fraction of sp³-hybridized carbons (Fsp3) is 0.179. The van der Waals surface area contributed by atoms with Gasteiger partial charge in [0, 0.05) is 23.8 Å². The average molecular weight is 548 g/mol. The second-order valence-electron chi connectivity index (χ2n) is 8.81. The van der Waals surface area contributed by atoms with Gasteiger partial charge in [0.2, 0.25) is 0 Å². The Kier molecular flexibility index (Phi) is 6.83. The summed E-state index contributed by atoms with van der Waals surface area (Å²) in [4.78, 5) is 42.2. The number of hydrogen-bond acceptors (Lipinski definition) is 8. The van der Waals surface area contributed by atoms with Gasteiger partial charge < -0.3 is 9.15 Å². The molecule has 0 radical (unpaired) electrons. The van der Waals surface area contributed by atoms with E-state index < -0.39 is 28.3 Å². The number of nitrogens with zero attached hydrogens (tertiary/aromatic N) is 3. The van der Waals surface area contributed by atoms with Crippen LogP contribution in [-0.2, 0) is 9.53 Å². The van der Waals surface area contributed by atoms with Crippen molar-refractivity contribution in [3.8, 4) is 11.3 Å². The number of rotatable bonds is 6. The zero-order valence-corrected chi connectivity index (χ0v) is 22.0. The Hall–Kier alpha value is -4.64. The van der Waals surface area contributed by atoms with Crippen molar-refractivity contribution in [3.63, 3.8) is 0 Å². The van der Waals surface area contributed by atoms with Gasteiger partial charge in [0.25, 0.3) is 11.2 Å². The highest BCUT2D eigenvalue weighted by atomic mass is 32.1. The normalized spacial score (nSPS) is 15.2. The van der Waals surface area contributed by atoms with E-state index in [1.54, 1.807) is 38.1 Å². The number of aryl methyl sites for hydroxylation is 1. The Morgan fingerprint density at radius 2 is 1.95 bits per heavy atom. The molecule has 198 valence electrons. The minimum absolute atomic E-state index is 0.0598. The topological polar surface area (TPSA) is 117 Å². The Bertz CT molecular complexity index is 1830. The van der Waals surface area contributed by atoms with Gasteiger partial charge in [-0.05, 0) is 56.2 Å². The highest BCUT2D eigenvalue weighted by Gasteiger charge is 2.33. The molecule has 1 aliphatic rings. The van der Waals surface area contributed by atoms with Gasteiger partial charge >= 0.3 is 5.97 Å². The smallest absolute Gasteiger partial charge is 0.338 e. The number of hydrogen-bond donors (Lipinski definition) is 0. The summed E-state index contributed by atoms with van der Waals surface area (Å²) in [6.45, 7) is 5.31. The van der Waals surface area contributed by atoms with Crippen LogP contribution in [0.15, 0.2) is 80.1 Å². The predicted molar refractivity (Wildman–Crippen MR) is 142 cm³/mol. The Morgan fingerprint density at radius 3 is 2.64 bits per heavy atom. The first-order chi connectivity index (χ1) is 18.7. The molecule has 0 saturated heterocycles. The first-order valence-electron chi connectivity index (χ1n) is 12.0. The largest absolute Gasteiger partial charge is 0.463 e. The van der Waals surface area contributed by atoms with Crippen LogP contribution >= 0.6 is 11.3 Å². The number of ether oxygens (including phenoxy) is 1. The van der Waals surface area contributed by atoms with Crippen LogP contribution in [0.25, 0.3) is 17.4 Å². The Balaban J connectivity index is 1.62. The number of halogens is 1. The van der Waals surface area contributed by atoms with Crippen molar-refractivity contribution in [2.24, 2.45) is 4.99 Å². The number of aromatic nitrogens is 1. The van der Waals surface area contributed by atoms with Crippen LogP contribution in [0.5, 0.6) is 0 Å². The van der Waals surface area contributed by atoms with Crippen LogP contribution in [0.4, 0.5) is 10.1 Å². The number of carbonyl (C=O) groups is 1. The fourth-order valence-corrected chi connectivity index (χ4v) is 5.47. The van der Waals surface area contributed by atoms with E-state index in [0.29, 0.717) is 37.7 Å². The van der Waals surface area contributed by atoms with E-state index in [-0.39, 0.29) is 17.9 Å². The first-order valence-corrected chi connectivity index (χ1v) is 12.8. The van der Waals surface area contributed by atoms with E-state index in [9.17, 15) is 24.1 Å². The number of allylic oxidation sites excluding steroid dienone is 1. The highest BCUT2D eigenvalue weighted by Crippen LogP contribution is 2.31. The quantitative estimate of drug-likeness (QED) is 0.201. The maximum atomic E-state index is 13.7. The molecular weight excluding hydrogens is 525 g/mol. The minimum atomic E-state index is -0.859. The Morgan fingerprint density at radius 1 is 1.21 bits per heavy atom. The summed E-state index contributed by atoms with van der Waals surface area (Å²) in [5, 5.41) is 11.2. The van der Waals surface area contributed by atoms with Crippen molar-refractivity contribution in [3.05, 3.63) is 118 Å². The number of thiazole rings is 1. The zero-order chi connectivity index (χ0) is 27.8. The monoisotopic (exact) mass is 547 g/mol. The van der Waals surface area contributed by atoms with Crippen LogP contribution in [-0.4, -0.2) is 22.1 Å². The summed E-state index contributed by atoms with van der Waals surface area (Å²) in [7, 11) is 0. The maximum absolute atomic E-state index is 13.7. The second kappa shape index (κ2) is 10.3. The van der Waals surface area contributed by atoms with E-state index >= 15 is 0 Å². The van der Waals surface area contributed by atoms with Gasteiger partial charge in [-0.1, -0.05) is 29.5 Å². The van der Waals surface area contributed by atoms with E-state index in [4.69, 9.17) is 9.15 Å². The molecule has 5 rings (SSSR count). The predicted octanol–water partition coefficient (Wildman–Crippen LogP) is 4.41. The van der Waals surface area contributed by atoms with Gasteiger partial charge in [-0.15, -0.1) is 0 Å². The van der Waals surface area contributed by atoms with E-state index in [2.05, 4.69) is 4.99 Å². The first kappa shape index (κ1) is 26.0. The second-order valence-corrected chi connectivity index (χ2v) is 9.82. The molecule has 39 heavy (non-hydrogen) atoms. The lowest BCUT2D eigenvalue weighted by Crippen LogP contribution is -2.39. The van der Waals surface area contributed by atoms with Gasteiger partial charge in [-0.25, -0.2) is 14.2 Å². The molecule has 0 N–H and O–H groups in total. The van der Waals surface area contributed by atoms with Crippen molar-refractivity contribution in [1.82, 2.24) is 4.57 Å². The molecule has 0 fully saturated rings. The number of carbonyl (C=O) groups excluding carboxylic acids is 1. The van der Waals surface area contributed by atoms with E-state index in [1.165, 1.54) is 41.0 Å². The molecule has 0 bridgehead atoms. The molecule has 2 aromatic heterocycles. The molecule has 2 aromatic carbocycles. The molecule has 0 amide bonds. The third-order valence-corrected chi connectivity index (χ3v) is 7.28. The summed E-state index contributed by atoms with van der Waals surface area (Å²) in [6.07, 6.45) is 1.56. The van der Waals surface area contributed by atoms with Crippen molar-refractivity contribution < 1.29 is 23.3 Å². The number of nitro benzene ring substituents is 1. The van der Waals surface area contributed by atoms with E-state index in [0.717, 1.165) is 16.9 Å². The molecule has 0 spiro atoms. The molecule has 11 heteroatoms. The number of furan rings is 1. The van der Waals surface area contributed by atoms with Crippen molar-refractivity contribution >= 4 is 29.1 Å². The Labute approximate surface area is 225 Å². The minimum Gasteiger partial charge on any atom is -0.463 e. The van der Waals surface area contributed by atoms with Gasteiger partial charge in [0.05, 0.1) is 33.4 Å². The highest BCUT2D eigenvalue weighted by molar-refractivity contribution is 7.07. The SMILES string of the molecule is CCOC(=O)C1=C(C)N=c2s/c(=C/c3ccc(-c4cc([N+](=O)[O-])ccc4C)o3)c(=O)n2C1c1ccc(F)cc1. The third-order valence-electron chi connectivity index (χ3n) is 6.30. The van der Waals surface area contributed by atoms with Crippen LogP contribution in [0.1, 0.15) is 36.8 Å². The lowest BCUT2D eigenvalue weighted by atomic mass is 9.96.